The molecule has 8 nitrogen and oxygen atoms in total. The number of nitrogens with zero attached hydrogens (tertiary/aromatic N) is 1. The van der Waals surface area contributed by atoms with Crippen LogP contribution in [0.3, 0.4) is 0 Å². The van der Waals surface area contributed by atoms with Gasteiger partial charge in [-0.25, -0.2) is 18.6 Å². The minimum Gasteiger partial charge on any atom is -0.508 e. The first-order chi connectivity index (χ1) is 11.2. The van der Waals surface area contributed by atoms with Crippen molar-refractivity contribution in [1.82, 2.24) is 0 Å². The van der Waals surface area contributed by atoms with Crippen LogP contribution in [0, 0.1) is 10.2 Å². The van der Waals surface area contributed by atoms with Crippen LogP contribution in [0.15, 0.2) is 30.5 Å². The van der Waals surface area contributed by atoms with Crippen LogP contribution in [-0.2, 0) is 12.8 Å². The van der Waals surface area contributed by atoms with E-state index in [2.05, 4.69) is 5.43 Å². The quantitative estimate of drug-likeness (QED) is 0.545. The topological polar surface area (TPSA) is 145 Å². The summed E-state index contributed by atoms with van der Waals surface area (Å²) in [6.45, 7) is 0. The zero-order valence-corrected chi connectivity index (χ0v) is 14.0. The van der Waals surface area contributed by atoms with Crippen molar-refractivity contribution in [2.24, 2.45) is 0 Å². The van der Waals surface area contributed by atoms with Crippen molar-refractivity contribution in [2.75, 3.05) is 5.43 Å². The van der Waals surface area contributed by atoms with Crippen LogP contribution >= 0.6 is 11.5 Å². The van der Waals surface area contributed by atoms with E-state index >= 15 is 0 Å². The Hall–Kier alpha value is -1.75. The lowest BCUT2D eigenvalue weighted by Crippen LogP contribution is -2.68. The molecule has 0 saturated carbocycles. The molecule has 130 valence electrons. The third-order valence-electron chi connectivity index (χ3n) is 3.28. The van der Waals surface area contributed by atoms with Gasteiger partial charge in [0.05, 0.1) is 4.88 Å². The van der Waals surface area contributed by atoms with Gasteiger partial charge in [-0.15, -0.1) is 15.7 Å². The zero-order chi connectivity index (χ0) is 17.7. The highest BCUT2D eigenvalue weighted by Gasteiger charge is 2.21. The summed E-state index contributed by atoms with van der Waals surface area (Å²) in [5.41, 5.74) is 4.74. The van der Waals surface area contributed by atoms with Crippen molar-refractivity contribution in [1.29, 1.82) is 0 Å². The Kier molecular flexibility index (Phi) is 6.10. The number of hydrogen-bond donors (Lipinski definition) is 2. The Morgan fingerprint density at radius 1 is 1.12 bits per heavy atom. The van der Waals surface area contributed by atoms with Crippen LogP contribution in [0.1, 0.15) is 33.6 Å². The molecule has 3 rings (SSSR count). The van der Waals surface area contributed by atoms with Gasteiger partial charge in [0.2, 0.25) is 6.20 Å². The lowest BCUT2D eigenvalue weighted by molar-refractivity contribution is -2.00. The van der Waals surface area contributed by atoms with Crippen molar-refractivity contribution in [3.8, 4) is 5.75 Å². The lowest BCUT2D eigenvalue weighted by atomic mass is 10.0. The molecule has 24 heavy (non-hydrogen) atoms. The Bertz CT molecular complexity index is 669. The third kappa shape index (κ3) is 6.04. The van der Waals surface area contributed by atoms with Crippen LogP contribution in [0.25, 0.3) is 0 Å². The summed E-state index contributed by atoms with van der Waals surface area (Å²) in [5.74, 6) is -0.000567. The number of aryl methyl sites for hydroxylation is 2. The predicted molar refractivity (Wildman–Crippen MR) is 73.0 cm³/mol. The number of nitrogens with one attached hydrogen (secondary N) is 1. The highest BCUT2D eigenvalue weighted by atomic mass is 35.7. The van der Waals surface area contributed by atoms with E-state index < -0.39 is 10.2 Å². The number of rotatable bonds is 2. The molecular weight excluding hydrogens is 360 g/mol. The van der Waals surface area contributed by atoms with Crippen LogP contribution < -0.4 is 28.1 Å². The molecule has 0 saturated heterocycles. The van der Waals surface area contributed by atoms with Gasteiger partial charge in [0.25, 0.3) is 0 Å². The molecule has 1 aromatic carbocycles. The first-order valence-corrected chi connectivity index (χ1v) is 8.99. The summed E-state index contributed by atoms with van der Waals surface area (Å²) in [5, 5.41) is 9.20. The maximum Gasteiger partial charge on any atom is 0.306 e. The fraction of sp³-hybridized carbons (Fsp3) is 0.286. The number of amides is 1. The van der Waals surface area contributed by atoms with Crippen molar-refractivity contribution in [3.63, 3.8) is 0 Å². The molecule has 0 radical (unpaired) electrons. The average Bonchev–Trinajstić information content (AvgIpc) is 2.88. The van der Waals surface area contributed by atoms with E-state index in [-0.39, 0.29) is 11.7 Å². The molecule has 1 aromatic heterocycles. The second kappa shape index (κ2) is 7.88. The number of phenolic OH excluding ortho intramolecular Hbond substituents is 1. The van der Waals surface area contributed by atoms with Crippen molar-refractivity contribution in [3.05, 3.63) is 46.5 Å². The molecule has 0 spiro atoms. The van der Waals surface area contributed by atoms with E-state index in [0.29, 0.717) is 5.56 Å². The number of carbonyl (C=O) groups is 1. The molecule has 2 aromatic rings. The first kappa shape index (κ1) is 18.6. The van der Waals surface area contributed by atoms with E-state index in [1.165, 1.54) is 35.4 Å². The Morgan fingerprint density at radius 3 is 2.29 bits per heavy atom. The predicted octanol–water partition coefficient (Wildman–Crippen LogP) is -2.75. The molecule has 1 aliphatic carbocycles. The zero-order valence-electron chi connectivity index (χ0n) is 12.4. The van der Waals surface area contributed by atoms with E-state index in [1.54, 1.807) is 27.7 Å². The first-order valence-electron chi connectivity index (χ1n) is 6.98. The molecule has 0 fully saturated rings. The number of halogens is 1. The SMILES string of the molecule is O=C(N[n+]1cc2c(s1)CCCC2)c1ccc(O)cc1.[O-][Cl+3]([O-])([O-])[O-]. The van der Waals surface area contributed by atoms with E-state index in [9.17, 15) is 9.90 Å². The maximum absolute atomic E-state index is 12.0. The van der Waals surface area contributed by atoms with Crippen molar-refractivity contribution in [2.45, 2.75) is 25.7 Å². The van der Waals surface area contributed by atoms with Gasteiger partial charge in [0, 0.05) is 11.1 Å². The van der Waals surface area contributed by atoms with E-state index in [4.69, 9.17) is 18.6 Å². The standard InChI is InChI=1S/C14H14N2O2S.ClHO4/c17-12-7-5-10(6-8-12)14(18)15-16-9-11-3-1-2-4-13(11)19-16;2-1(3,4)5/h5-9H,1-4H2,(H-,15,17,18);(H,2,3,4,5). The van der Waals surface area contributed by atoms with Crippen LogP contribution in [-0.4, -0.2) is 11.0 Å². The monoisotopic (exact) mass is 374 g/mol. The molecule has 0 atom stereocenters. The Labute approximate surface area is 144 Å². The fourth-order valence-electron chi connectivity index (χ4n) is 2.26. The summed E-state index contributed by atoms with van der Waals surface area (Å²) >= 11 is 1.60. The fourth-order valence-corrected chi connectivity index (χ4v) is 3.31. The summed E-state index contributed by atoms with van der Waals surface area (Å²) in [6.07, 6.45) is 6.70. The molecule has 0 aliphatic heterocycles. The van der Waals surface area contributed by atoms with Crippen LogP contribution in [0.4, 0.5) is 0 Å². The number of aromatic nitrogens is 1. The highest BCUT2D eigenvalue weighted by Crippen LogP contribution is 2.22. The van der Waals surface area contributed by atoms with Crippen LogP contribution in [0.5, 0.6) is 5.75 Å². The van der Waals surface area contributed by atoms with Gasteiger partial charge < -0.3 is 5.11 Å². The van der Waals surface area contributed by atoms with Gasteiger partial charge in [-0.1, -0.05) is 0 Å². The molecule has 0 unspecified atom stereocenters. The van der Waals surface area contributed by atoms with Gasteiger partial charge in [-0.05, 0) is 54.0 Å². The summed E-state index contributed by atoms with van der Waals surface area (Å²) < 4.78 is 35.8. The number of hydrogen-bond acceptors (Lipinski definition) is 7. The number of carbonyl (C=O) groups excluding carboxylic acids is 1. The smallest absolute Gasteiger partial charge is 0.306 e. The minimum atomic E-state index is -4.94. The van der Waals surface area contributed by atoms with Gasteiger partial charge >= 0.3 is 5.91 Å². The molecule has 2 N–H and O–H groups in total. The second-order valence-corrected chi connectivity index (χ2v) is 6.89. The summed E-state index contributed by atoms with van der Waals surface area (Å²) in [7, 11) is -4.94. The minimum absolute atomic E-state index is 0.163. The maximum atomic E-state index is 12.0. The second-order valence-electron chi connectivity index (χ2n) is 5.07. The molecule has 1 heterocycles. The highest BCUT2D eigenvalue weighted by molar-refractivity contribution is 7.02. The normalized spacial score (nSPS) is 13.5. The summed E-state index contributed by atoms with van der Waals surface area (Å²) in [4.78, 5) is 13.4. The van der Waals surface area contributed by atoms with E-state index in [0.717, 1.165) is 12.8 Å². The Balaban J connectivity index is 0.000000368. The number of aromatic hydroxyl groups is 1. The third-order valence-corrected chi connectivity index (χ3v) is 4.36. The lowest BCUT2D eigenvalue weighted by Gasteiger charge is -2.17. The van der Waals surface area contributed by atoms with Gasteiger partial charge in [0.15, 0.2) is 11.5 Å². The molecule has 1 amide bonds. The Morgan fingerprint density at radius 2 is 1.71 bits per heavy atom. The largest absolute Gasteiger partial charge is 0.508 e. The van der Waals surface area contributed by atoms with Gasteiger partial charge in [-0.3, -0.25) is 4.79 Å². The average molecular weight is 375 g/mol. The van der Waals surface area contributed by atoms with Gasteiger partial charge in [-0.2, -0.15) is 0 Å². The number of phenols is 1. The summed E-state index contributed by atoms with van der Waals surface area (Å²) in [6, 6.07) is 6.25. The molecule has 1 aliphatic rings. The number of fused-ring (bicyclic) bond motifs is 1. The van der Waals surface area contributed by atoms with Crippen molar-refractivity contribution >= 4 is 17.4 Å². The molecular formula is C14H15ClN2O6S. The molecule has 0 bridgehead atoms. The number of benzene rings is 1. The van der Waals surface area contributed by atoms with E-state index in [1.807, 2.05) is 6.20 Å². The van der Waals surface area contributed by atoms with Crippen molar-refractivity contribution < 1.29 is 42.8 Å². The van der Waals surface area contributed by atoms with Gasteiger partial charge in [0.1, 0.15) is 5.75 Å². The molecule has 10 heteroatoms. The van der Waals surface area contributed by atoms with Crippen LogP contribution in [0.2, 0.25) is 0 Å².